The van der Waals surface area contributed by atoms with Gasteiger partial charge in [0.2, 0.25) is 5.91 Å². The van der Waals surface area contributed by atoms with Crippen LogP contribution >= 0.6 is 22.7 Å². The van der Waals surface area contributed by atoms with E-state index in [1.54, 1.807) is 35.6 Å². The summed E-state index contributed by atoms with van der Waals surface area (Å²) in [6, 6.07) is 10.5. The minimum absolute atomic E-state index is 0.0203. The highest BCUT2D eigenvalue weighted by atomic mass is 32.1. The largest absolute Gasteiger partial charge is 0.338 e. The molecule has 1 atom stereocenters. The smallest absolute Gasteiger partial charge is 0.246 e. The average molecular weight is 400 g/mol. The molecule has 1 aromatic carbocycles. The number of aromatic nitrogens is 2. The first kappa shape index (κ1) is 18.0. The summed E-state index contributed by atoms with van der Waals surface area (Å²) in [6.07, 6.45) is 5.39. The van der Waals surface area contributed by atoms with Crippen LogP contribution in [0, 0.1) is 5.82 Å². The first-order chi connectivity index (χ1) is 13.2. The third-order valence-electron chi connectivity index (χ3n) is 4.56. The SMILES string of the molecule is O=C(/C=C/c1cccs1)N1CCC[C@@H](c2nnc(-c3ccccc3F)s2)C1. The summed E-state index contributed by atoms with van der Waals surface area (Å²) in [7, 11) is 0. The van der Waals surface area contributed by atoms with Gasteiger partial charge in [0.25, 0.3) is 0 Å². The Kier molecular flexibility index (Phi) is 5.40. The summed E-state index contributed by atoms with van der Waals surface area (Å²) < 4.78 is 14.0. The van der Waals surface area contributed by atoms with Gasteiger partial charge in [0.15, 0.2) is 5.01 Å². The number of carbonyl (C=O) groups excluding carboxylic acids is 1. The van der Waals surface area contributed by atoms with Gasteiger partial charge < -0.3 is 4.90 Å². The first-order valence-corrected chi connectivity index (χ1v) is 10.5. The number of hydrogen-bond donors (Lipinski definition) is 0. The number of hydrogen-bond acceptors (Lipinski definition) is 5. The predicted octanol–water partition coefficient (Wildman–Crippen LogP) is 4.83. The van der Waals surface area contributed by atoms with E-state index < -0.39 is 0 Å². The maximum Gasteiger partial charge on any atom is 0.246 e. The van der Waals surface area contributed by atoms with Gasteiger partial charge in [-0.25, -0.2) is 4.39 Å². The molecule has 4 rings (SSSR count). The van der Waals surface area contributed by atoms with E-state index in [1.165, 1.54) is 17.4 Å². The van der Waals surface area contributed by atoms with Crippen molar-refractivity contribution >= 4 is 34.7 Å². The Bertz CT molecular complexity index is 952. The molecule has 2 aromatic heterocycles. The molecule has 0 bridgehead atoms. The van der Waals surface area contributed by atoms with Crippen molar-refractivity contribution in [3.63, 3.8) is 0 Å². The highest BCUT2D eigenvalue weighted by Crippen LogP contribution is 2.33. The third kappa shape index (κ3) is 4.14. The van der Waals surface area contributed by atoms with E-state index in [0.717, 1.165) is 29.3 Å². The number of benzene rings is 1. The van der Waals surface area contributed by atoms with Gasteiger partial charge in [0.05, 0.1) is 0 Å². The molecule has 27 heavy (non-hydrogen) atoms. The first-order valence-electron chi connectivity index (χ1n) is 8.79. The molecule has 1 amide bonds. The lowest BCUT2D eigenvalue weighted by atomic mass is 9.99. The van der Waals surface area contributed by atoms with Crippen LogP contribution in [-0.4, -0.2) is 34.1 Å². The number of thiophene rings is 1. The fourth-order valence-electron chi connectivity index (χ4n) is 3.17. The molecule has 3 heterocycles. The van der Waals surface area contributed by atoms with Crippen molar-refractivity contribution in [2.24, 2.45) is 0 Å². The fourth-order valence-corrected chi connectivity index (χ4v) is 4.78. The van der Waals surface area contributed by atoms with Crippen molar-refractivity contribution < 1.29 is 9.18 Å². The van der Waals surface area contributed by atoms with Crippen LogP contribution in [0.5, 0.6) is 0 Å². The zero-order valence-corrected chi connectivity index (χ0v) is 16.2. The summed E-state index contributed by atoms with van der Waals surface area (Å²) >= 11 is 3.02. The molecule has 138 valence electrons. The van der Waals surface area contributed by atoms with Crippen molar-refractivity contribution in [2.45, 2.75) is 18.8 Å². The van der Waals surface area contributed by atoms with E-state index in [4.69, 9.17) is 0 Å². The molecule has 0 unspecified atom stereocenters. The van der Waals surface area contributed by atoms with E-state index in [2.05, 4.69) is 10.2 Å². The number of carbonyl (C=O) groups is 1. The van der Waals surface area contributed by atoms with Crippen molar-refractivity contribution in [1.29, 1.82) is 0 Å². The van der Waals surface area contributed by atoms with Crippen molar-refractivity contribution in [2.75, 3.05) is 13.1 Å². The lowest BCUT2D eigenvalue weighted by Gasteiger charge is -2.30. The predicted molar refractivity (Wildman–Crippen MR) is 107 cm³/mol. The van der Waals surface area contributed by atoms with Gasteiger partial charge in [0, 0.05) is 35.5 Å². The van der Waals surface area contributed by atoms with Gasteiger partial charge in [-0.05, 0) is 42.5 Å². The van der Waals surface area contributed by atoms with Crippen LogP contribution in [0.2, 0.25) is 0 Å². The van der Waals surface area contributed by atoms with Crippen LogP contribution in [0.1, 0.15) is 28.6 Å². The zero-order valence-electron chi connectivity index (χ0n) is 14.5. The van der Waals surface area contributed by atoms with Crippen molar-refractivity contribution in [3.8, 4) is 10.6 Å². The van der Waals surface area contributed by atoms with E-state index in [9.17, 15) is 9.18 Å². The molecule has 0 N–H and O–H groups in total. The van der Waals surface area contributed by atoms with Gasteiger partial charge >= 0.3 is 0 Å². The highest BCUT2D eigenvalue weighted by Gasteiger charge is 2.26. The van der Waals surface area contributed by atoms with Gasteiger partial charge in [-0.1, -0.05) is 29.5 Å². The molecule has 7 heteroatoms. The summed E-state index contributed by atoms with van der Waals surface area (Å²) in [5, 5.41) is 11.9. The standard InChI is InChI=1S/C20H18FN3OS2/c21-17-8-2-1-7-16(17)20-23-22-19(27-20)14-5-3-11-24(13-14)18(25)10-9-15-6-4-12-26-15/h1-2,4,6-10,12,14H,3,5,11,13H2/b10-9+/t14-/m1/s1. The molecule has 0 saturated carbocycles. The summed E-state index contributed by atoms with van der Waals surface area (Å²) in [5.41, 5.74) is 0.476. The van der Waals surface area contributed by atoms with Gasteiger partial charge in [0.1, 0.15) is 10.8 Å². The lowest BCUT2D eigenvalue weighted by Crippen LogP contribution is -2.38. The van der Waals surface area contributed by atoms with Crippen LogP contribution in [0.25, 0.3) is 16.6 Å². The highest BCUT2D eigenvalue weighted by molar-refractivity contribution is 7.14. The number of rotatable bonds is 4. The Labute approximate surface area is 165 Å². The molecule has 0 spiro atoms. The Hall–Kier alpha value is -2.38. The molecule has 1 aliphatic heterocycles. The molecule has 1 fully saturated rings. The zero-order chi connectivity index (χ0) is 18.6. The number of likely N-dealkylation sites (tertiary alicyclic amines) is 1. The van der Waals surface area contributed by atoms with Crippen LogP contribution < -0.4 is 0 Å². The molecule has 3 aromatic rings. The Balaban J connectivity index is 1.46. The number of piperidine rings is 1. The minimum Gasteiger partial charge on any atom is -0.338 e. The van der Waals surface area contributed by atoms with E-state index >= 15 is 0 Å². The summed E-state index contributed by atoms with van der Waals surface area (Å²) in [5.74, 6) is -0.123. The van der Waals surface area contributed by atoms with Crippen molar-refractivity contribution in [3.05, 3.63) is 63.6 Å². The molecular weight excluding hydrogens is 381 g/mol. The van der Waals surface area contributed by atoms with Crippen LogP contribution in [0.15, 0.2) is 47.9 Å². The van der Waals surface area contributed by atoms with E-state index in [0.29, 0.717) is 17.1 Å². The Morgan fingerprint density at radius 1 is 1.22 bits per heavy atom. The topological polar surface area (TPSA) is 46.1 Å². The van der Waals surface area contributed by atoms with Gasteiger partial charge in [-0.3, -0.25) is 4.79 Å². The van der Waals surface area contributed by atoms with Gasteiger partial charge in [-0.2, -0.15) is 0 Å². The Morgan fingerprint density at radius 2 is 2.11 bits per heavy atom. The number of halogens is 1. The van der Waals surface area contributed by atoms with Crippen LogP contribution in [0.3, 0.4) is 0 Å². The average Bonchev–Trinajstić information content (AvgIpc) is 3.39. The third-order valence-corrected chi connectivity index (χ3v) is 6.52. The second-order valence-corrected chi connectivity index (χ2v) is 8.39. The number of nitrogens with zero attached hydrogens (tertiary/aromatic N) is 3. The quantitative estimate of drug-likeness (QED) is 0.591. The van der Waals surface area contributed by atoms with Crippen LogP contribution in [-0.2, 0) is 4.79 Å². The van der Waals surface area contributed by atoms with Crippen molar-refractivity contribution in [1.82, 2.24) is 15.1 Å². The maximum atomic E-state index is 14.0. The molecule has 0 radical (unpaired) electrons. The molecular formula is C20H18FN3OS2. The minimum atomic E-state index is -0.292. The fraction of sp³-hybridized carbons (Fsp3) is 0.250. The molecule has 0 aliphatic carbocycles. The normalized spacial score (nSPS) is 17.5. The second-order valence-electron chi connectivity index (χ2n) is 6.40. The summed E-state index contributed by atoms with van der Waals surface area (Å²) in [4.78, 5) is 15.4. The van der Waals surface area contributed by atoms with Crippen LogP contribution in [0.4, 0.5) is 4.39 Å². The lowest BCUT2D eigenvalue weighted by molar-refractivity contribution is -0.127. The molecule has 4 nitrogen and oxygen atoms in total. The molecule has 1 aliphatic rings. The Morgan fingerprint density at radius 3 is 2.93 bits per heavy atom. The van der Waals surface area contributed by atoms with E-state index in [1.807, 2.05) is 28.5 Å². The van der Waals surface area contributed by atoms with Gasteiger partial charge in [-0.15, -0.1) is 21.5 Å². The summed E-state index contributed by atoms with van der Waals surface area (Å²) in [6.45, 7) is 1.38. The maximum absolute atomic E-state index is 14.0. The molecule has 1 saturated heterocycles. The van der Waals surface area contributed by atoms with E-state index in [-0.39, 0.29) is 17.6 Å². The monoisotopic (exact) mass is 399 g/mol. The second kappa shape index (κ2) is 8.10. The number of amides is 1.